The number of carboxylic acids is 1. The number of amides is 1. The van der Waals surface area contributed by atoms with E-state index in [4.69, 9.17) is 5.11 Å². The minimum Gasteiger partial charge on any atom is -0.480 e. The predicted octanol–water partition coefficient (Wildman–Crippen LogP) is 2.46. The van der Waals surface area contributed by atoms with E-state index in [-0.39, 0.29) is 5.91 Å². The van der Waals surface area contributed by atoms with Crippen LogP contribution in [0.15, 0.2) is 28.7 Å². The number of hydrogen-bond donors (Lipinski definition) is 2. The summed E-state index contributed by atoms with van der Waals surface area (Å²) >= 11 is 3.36. The van der Waals surface area contributed by atoms with Crippen molar-refractivity contribution in [2.24, 2.45) is 0 Å². The summed E-state index contributed by atoms with van der Waals surface area (Å²) < 4.78 is 0.962. The van der Waals surface area contributed by atoms with Crippen molar-refractivity contribution in [1.82, 2.24) is 5.32 Å². The molecule has 0 aliphatic heterocycles. The predicted molar refractivity (Wildman–Crippen MR) is 74.9 cm³/mol. The van der Waals surface area contributed by atoms with Crippen LogP contribution in [0.25, 0.3) is 0 Å². The Hall–Kier alpha value is -1.36. The van der Waals surface area contributed by atoms with Gasteiger partial charge in [-0.1, -0.05) is 35.0 Å². The normalized spacial score (nSPS) is 17.6. The van der Waals surface area contributed by atoms with Crippen LogP contribution in [0, 0.1) is 0 Å². The van der Waals surface area contributed by atoms with Gasteiger partial charge in [-0.25, -0.2) is 4.79 Å². The maximum atomic E-state index is 12.3. The molecule has 1 atom stereocenters. The van der Waals surface area contributed by atoms with Crippen LogP contribution in [-0.4, -0.2) is 23.0 Å². The standard InChI is InChI=1S/C14H16BrNO3/c1-2-11(12(17)18)16-13(19)14(7-8-14)9-3-5-10(15)6-4-9/h3-6,11H,2,7-8H2,1H3,(H,16,19)(H,17,18)/t11-/m0/s1. The van der Waals surface area contributed by atoms with Gasteiger partial charge in [0.05, 0.1) is 5.41 Å². The van der Waals surface area contributed by atoms with Gasteiger partial charge in [-0.3, -0.25) is 4.79 Å². The number of hydrogen-bond acceptors (Lipinski definition) is 2. The van der Waals surface area contributed by atoms with Crippen molar-refractivity contribution in [3.63, 3.8) is 0 Å². The van der Waals surface area contributed by atoms with E-state index in [1.165, 1.54) is 0 Å². The Morgan fingerprint density at radius 1 is 1.37 bits per heavy atom. The molecule has 1 aliphatic rings. The lowest BCUT2D eigenvalue weighted by Crippen LogP contribution is -2.45. The van der Waals surface area contributed by atoms with E-state index in [0.29, 0.717) is 6.42 Å². The van der Waals surface area contributed by atoms with Gasteiger partial charge in [0, 0.05) is 4.47 Å². The number of halogens is 1. The lowest BCUT2D eigenvalue weighted by molar-refractivity contribution is -0.142. The maximum absolute atomic E-state index is 12.3. The highest BCUT2D eigenvalue weighted by Crippen LogP contribution is 2.48. The monoisotopic (exact) mass is 325 g/mol. The van der Waals surface area contributed by atoms with Gasteiger partial charge in [-0.05, 0) is 37.0 Å². The zero-order valence-electron chi connectivity index (χ0n) is 10.6. The Labute approximate surface area is 120 Å². The molecule has 1 aliphatic carbocycles. The number of rotatable bonds is 5. The molecule has 19 heavy (non-hydrogen) atoms. The third-order valence-corrected chi connectivity index (χ3v) is 4.12. The van der Waals surface area contributed by atoms with Crippen LogP contribution in [0.2, 0.25) is 0 Å². The number of carbonyl (C=O) groups excluding carboxylic acids is 1. The minimum atomic E-state index is -0.984. The van der Waals surface area contributed by atoms with Gasteiger partial charge in [-0.15, -0.1) is 0 Å². The molecule has 1 aromatic rings. The Morgan fingerprint density at radius 3 is 2.37 bits per heavy atom. The molecule has 102 valence electrons. The largest absolute Gasteiger partial charge is 0.480 e. The number of aliphatic carboxylic acids is 1. The lowest BCUT2D eigenvalue weighted by atomic mass is 9.94. The molecule has 2 rings (SSSR count). The molecule has 1 amide bonds. The lowest BCUT2D eigenvalue weighted by Gasteiger charge is -2.19. The summed E-state index contributed by atoms with van der Waals surface area (Å²) in [6.07, 6.45) is 1.94. The summed E-state index contributed by atoms with van der Waals surface area (Å²) in [6, 6.07) is 6.82. The maximum Gasteiger partial charge on any atom is 0.326 e. The highest BCUT2D eigenvalue weighted by Gasteiger charge is 2.51. The molecule has 1 fully saturated rings. The average Bonchev–Trinajstić information content (AvgIpc) is 3.17. The summed E-state index contributed by atoms with van der Waals surface area (Å²) in [6.45, 7) is 1.75. The topological polar surface area (TPSA) is 66.4 Å². The van der Waals surface area contributed by atoms with Crippen molar-refractivity contribution in [3.05, 3.63) is 34.3 Å². The van der Waals surface area contributed by atoms with Crippen LogP contribution >= 0.6 is 15.9 Å². The van der Waals surface area contributed by atoms with Gasteiger partial charge in [0.15, 0.2) is 0 Å². The van der Waals surface area contributed by atoms with Gasteiger partial charge in [-0.2, -0.15) is 0 Å². The number of nitrogens with one attached hydrogen (secondary N) is 1. The van der Waals surface area contributed by atoms with Gasteiger partial charge in [0.2, 0.25) is 5.91 Å². The van der Waals surface area contributed by atoms with Gasteiger partial charge < -0.3 is 10.4 Å². The Morgan fingerprint density at radius 2 is 1.95 bits per heavy atom. The first kappa shape index (κ1) is 14.1. The van der Waals surface area contributed by atoms with E-state index in [1.807, 2.05) is 24.3 Å². The molecular formula is C14H16BrNO3. The molecular weight excluding hydrogens is 310 g/mol. The van der Waals surface area contributed by atoms with Crippen LogP contribution in [0.1, 0.15) is 31.7 Å². The van der Waals surface area contributed by atoms with Crippen molar-refractivity contribution in [1.29, 1.82) is 0 Å². The molecule has 0 saturated heterocycles. The van der Waals surface area contributed by atoms with Gasteiger partial charge in [0.25, 0.3) is 0 Å². The Bertz CT molecular complexity index is 494. The van der Waals surface area contributed by atoms with E-state index < -0.39 is 17.4 Å². The third kappa shape index (κ3) is 2.81. The van der Waals surface area contributed by atoms with Crippen molar-refractivity contribution in [3.8, 4) is 0 Å². The first-order chi connectivity index (χ1) is 8.99. The molecule has 0 heterocycles. The summed E-state index contributed by atoms with van der Waals surface area (Å²) in [7, 11) is 0. The molecule has 2 N–H and O–H groups in total. The van der Waals surface area contributed by atoms with E-state index in [1.54, 1.807) is 6.92 Å². The first-order valence-corrected chi connectivity index (χ1v) is 7.09. The second-order valence-electron chi connectivity index (χ2n) is 4.86. The van der Waals surface area contributed by atoms with Crippen LogP contribution in [0.3, 0.4) is 0 Å². The highest BCUT2D eigenvalue weighted by atomic mass is 79.9. The van der Waals surface area contributed by atoms with Crippen molar-refractivity contribution >= 4 is 27.8 Å². The van der Waals surface area contributed by atoms with Crippen LogP contribution in [0.5, 0.6) is 0 Å². The molecule has 1 saturated carbocycles. The molecule has 1 aromatic carbocycles. The minimum absolute atomic E-state index is 0.177. The van der Waals surface area contributed by atoms with Gasteiger partial charge >= 0.3 is 5.97 Å². The Kier molecular flexibility index (Phi) is 3.94. The molecule has 4 nitrogen and oxygen atoms in total. The second kappa shape index (κ2) is 5.33. The molecule has 0 spiro atoms. The van der Waals surface area contributed by atoms with Crippen molar-refractivity contribution in [2.45, 2.75) is 37.6 Å². The fraction of sp³-hybridized carbons (Fsp3) is 0.429. The zero-order valence-corrected chi connectivity index (χ0v) is 12.2. The smallest absolute Gasteiger partial charge is 0.326 e. The number of carbonyl (C=O) groups is 2. The summed E-state index contributed by atoms with van der Waals surface area (Å²) in [4.78, 5) is 23.3. The van der Waals surface area contributed by atoms with Gasteiger partial charge in [0.1, 0.15) is 6.04 Å². The van der Waals surface area contributed by atoms with E-state index in [9.17, 15) is 9.59 Å². The second-order valence-corrected chi connectivity index (χ2v) is 5.78. The van der Waals surface area contributed by atoms with E-state index in [0.717, 1.165) is 22.9 Å². The summed E-state index contributed by atoms with van der Waals surface area (Å²) in [5, 5.41) is 11.6. The van der Waals surface area contributed by atoms with Crippen LogP contribution < -0.4 is 5.32 Å². The SMILES string of the molecule is CC[C@H](NC(=O)C1(c2ccc(Br)cc2)CC1)C(=O)O. The fourth-order valence-corrected chi connectivity index (χ4v) is 2.44. The Balaban J connectivity index is 2.14. The number of benzene rings is 1. The number of carboxylic acid groups (broad SMARTS) is 1. The summed E-state index contributed by atoms with van der Waals surface area (Å²) in [5.74, 6) is -1.16. The highest BCUT2D eigenvalue weighted by molar-refractivity contribution is 9.10. The quantitative estimate of drug-likeness (QED) is 0.873. The van der Waals surface area contributed by atoms with Crippen LogP contribution in [0.4, 0.5) is 0 Å². The van der Waals surface area contributed by atoms with Crippen LogP contribution in [-0.2, 0) is 15.0 Å². The molecule has 5 heteroatoms. The molecule has 0 aromatic heterocycles. The van der Waals surface area contributed by atoms with E-state index in [2.05, 4.69) is 21.2 Å². The third-order valence-electron chi connectivity index (χ3n) is 3.59. The summed E-state index contributed by atoms with van der Waals surface area (Å²) in [5.41, 5.74) is 0.428. The average molecular weight is 326 g/mol. The van der Waals surface area contributed by atoms with E-state index >= 15 is 0 Å². The first-order valence-electron chi connectivity index (χ1n) is 6.29. The fourth-order valence-electron chi connectivity index (χ4n) is 2.18. The van der Waals surface area contributed by atoms with Crippen molar-refractivity contribution in [2.75, 3.05) is 0 Å². The van der Waals surface area contributed by atoms with Crippen molar-refractivity contribution < 1.29 is 14.7 Å². The molecule has 0 unspecified atom stereocenters. The molecule has 0 radical (unpaired) electrons. The molecule has 0 bridgehead atoms. The zero-order chi connectivity index (χ0) is 14.0.